The number of hydrogen-bond acceptors (Lipinski definition) is 7. The molecular formula is C23H37N3O4. The fourth-order valence-corrected chi connectivity index (χ4v) is 4.65. The van der Waals surface area contributed by atoms with Gasteiger partial charge in [-0.15, -0.1) is 0 Å². The predicted molar refractivity (Wildman–Crippen MR) is 116 cm³/mol. The van der Waals surface area contributed by atoms with Gasteiger partial charge in [-0.2, -0.15) is 5.06 Å². The zero-order valence-corrected chi connectivity index (χ0v) is 18.3. The van der Waals surface area contributed by atoms with Crippen LogP contribution in [0.1, 0.15) is 37.7 Å². The van der Waals surface area contributed by atoms with Gasteiger partial charge in [-0.3, -0.25) is 14.6 Å². The number of benzene rings is 1. The van der Waals surface area contributed by atoms with Crippen LogP contribution in [0, 0.1) is 0 Å². The Balaban J connectivity index is 1.22. The molecule has 0 radical (unpaired) electrons. The molecule has 4 rings (SSSR count). The maximum atomic E-state index is 10.5. The molecule has 1 unspecified atom stereocenters. The molecule has 30 heavy (non-hydrogen) atoms. The summed E-state index contributed by atoms with van der Waals surface area (Å²) in [7, 11) is 1.65. The van der Waals surface area contributed by atoms with Gasteiger partial charge < -0.3 is 14.6 Å². The standard InChI is InChI=1S/C23H37N3O4/c1-28-22-8-7-19(14-26-11-5-6-12-30-26)13-23(22)29-18-21(27)17-24-15-20(16-24)25-9-3-2-4-10-25/h7-8,13,20-21,27H,2-6,9-12,14-18H2,1H3. The molecule has 168 valence electrons. The summed E-state index contributed by atoms with van der Waals surface area (Å²) in [6.07, 6.45) is 5.82. The Morgan fingerprint density at radius 2 is 1.87 bits per heavy atom. The number of aliphatic hydroxyl groups is 1. The Morgan fingerprint density at radius 1 is 1.07 bits per heavy atom. The molecule has 1 aromatic carbocycles. The van der Waals surface area contributed by atoms with Gasteiger partial charge in [0.2, 0.25) is 0 Å². The van der Waals surface area contributed by atoms with E-state index in [0.29, 0.717) is 24.1 Å². The number of aliphatic hydroxyl groups excluding tert-OH is 1. The van der Waals surface area contributed by atoms with Crippen LogP contribution in [-0.4, -0.2) is 91.7 Å². The molecule has 7 nitrogen and oxygen atoms in total. The van der Waals surface area contributed by atoms with Crippen LogP contribution in [0.15, 0.2) is 18.2 Å². The van der Waals surface area contributed by atoms with Gasteiger partial charge in [0.1, 0.15) is 12.7 Å². The summed E-state index contributed by atoms with van der Waals surface area (Å²) >= 11 is 0. The largest absolute Gasteiger partial charge is 0.493 e. The third kappa shape index (κ3) is 5.86. The van der Waals surface area contributed by atoms with Crippen LogP contribution in [0.3, 0.4) is 0 Å². The monoisotopic (exact) mass is 419 g/mol. The van der Waals surface area contributed by atoms with Crippen LogP contribution >= 0.6 is 0 Å². The molecule has 3 fully saturated rings. The molecule has 3 aliphatic heterocycles. The van der Waals surface area contributed by atoms with Gasteiger partial charge in [0.15, 0.2) is 11.5 Å². The molecule has 1 atom stereocenters. The minimum Gasteiger partial charge on any atom is -0.493 e. The Morgan fingerprint density at radius 3 is 2.60 bits per heavy atom. The number of nitrogens with zero attached hydrogens (tertiary/aromatic N) is 3. The first kappa shape index (κ1) is 21.8. The van der Waals surface area contributed by atoms with E-state index in [2.05, 4.69) is 9.80 Å². The van der Waals surface area contributed by atoms with E-state index in [1.54, 1.807) is 7.11 Å². The van der Waals surface area contributed by atoms with E-state index in [-0.39, 0.29) is 6.61 Å². The number of ether oxygens (including phenoxy) is 2. The fourth-order valence-electron chi connectivity index (χ4n) is 4.65. The molecule has 1 aromatic rings. The average Bonchev–Trinajstić information content (AvgIpc) is 2.76. The van der Waals surface area contributed by atoms with E-state index in [0.717, 1.165) is 44.8 Å². The van der Waals surface area contributed by atoms with Gasteiger partial charge >= 0.3 is 0 Å². The van der Waals surface area contributed by atoms with Gasteiger partial charge in [0.05, 0.1) is 13.7 Å². The number of rotatable bonds is 9. The minimum absolute atomic E-state index is 0.269. The van der Waals surface area contributed by atoms with E-state index < -0.39 is 6.10 Å². The lowest BCUT2D eigenvalue weighted by atomic mass is 10.0. The van der Waals surface area contributed by atoms with E-state index in [1.165, 1.54) is 38.8 Å². The second kappa shape index (κ2) is 10.8. The van der Waals surface area contributed by atoms with Crippen molar-refractivity contribution in [3.63, 3.8) is 0 Å². The normalized spacial score (nSPS) is 23.1. The van der Waals surface area contributed by atoms with Crippen LogP contribution < -0.4 is 9.47 Å². The molecular weight excluding hydrogens is 382 g/mol. The SMILES string of the molecule is COc1ccc(CN2CCCCO2)cc1OCC(O)CN1CC(N2CCCCC2)C1. The molecule has 3 aliphatic rings. The maximum absolute atomic E-state index is 10.5. The lowest BCUT2D eigenvalue weighted by Crippen LogP contribution is -2.61. The van der Waals surface area contributed by atoms with Crippen molar-refractivity contribution in [1.82, 2.24) is 14.9 Å². The lowest BCUT2D eigenvalue weighted by Gasteiger charge is -2.47. The Labute approximate surface area is 180 Å². The van der Waals surface area contributed by atoms with Gasteiger partial charge in [0.25, 0.3) is 0 Å². The molecule has 3 heterocycles. The molecule has 0 aliphatic carbocycles. The van der Waals surface area contributed by atoms with Crippen LogP contribution in [0.2, 0.25) is 0 Å². The van der Waals surface area contributed by atoms with Crippen molar-refractivity contribution in [3.8, 4) is 11.5 Å². The number of hydroxylamine groups is 2. The number of piperidine rings is 1. The molecule has 7 heteroatoms. The van der Waals surface area contributed by atoms with Crippen LogP contribution in [0.4, 0.5) is 0 Å². The zero-order chi connectivity index (χ0) is 20.8. The lowest BCUT2D eigenvalue weighted by molar-refractivity contribution is -0.187. The van der Waals surface area contributed by atoms with Crippen molar-refractivity contribution in [2.24, 2.45) is 0 Å². The van der Waals surface area contributed by atoms with Crippen LogP contribution in [0.25, 0.3) is 0 Å². The topological polar surface area (TPSA) is 57.6 Å². The van der Waals surface area contributed by atoms with E-state index in [4.69, 9.17) is 14.3 Å². The van der Waals surface area contributed by atoms with Crippen molar-refractivity contribution >= 4 is 0 Å². The van der Waals surface area contributed by atoms with Crippen molar-refractivity contribution in [3.05, 3.63) is 23.8 Å². The first-order chi connectivity index (χ1) is 14.7. The molecule has 3 saturated heterocycles. The highest BCUT2D eigenvalue weighted by molar-refractivity contribution is 5.43. The van der Waals surface area contributed by atoms with Crippen LogP contribution in [0.5, 0.6) is 11.5 Å². The van der Waals surface area contributed by atoms with Crippen LogP contribution in [-0.2, 0) is 11.4 Å². The molecule has 0 saturated carbocycles. The van der Waals surface area contributed by atoms with E-state index >= 15 is 0 Å². The highest BCUT2D eigenvalue weighted by Crippen LogP contribution is 2.29. The fraction of sp³-hybridized carbons (Fsp3) is 0.739. The smallest absolute Gasteiger partial charge is 0.161 e. The zero-order valence-electron chi connectivity index (χ0n) is 18.3. The van der Waals surface area contributed by atoms with Crippen molar-refractivity contribution in [2.45, 2.75) is 50.8 Å². The van der Waals surface area contributed by atoms with Gasteiger partial charge in [0, 0.05) is 38.8 Å². The summed E-state index contributed by atoms with van der Waals surface area (Å²) in [6.45, 7) is 8.01. The highest BCUT2D eigenvalue weighted by atomic mass is 16.7. The van der Waals surface area contributed by atoms with Crippen molar-refractivity contribution in [2.75, 3.05) is 59.6 Å². The summed E-state index contributed by atoms with van der Waals surface area (Å²) in [6, 6.07) is 6.65. The third-order valence-electron chi connectivity index (χ3n) is 6.41. The Hall–Kier alpha value is -1.38. The van der Waals surface area contributed by atoms with Gasteiger partial charge in [-0.1, -0.05) is 12.5 Å². The van der Waals surface area contributed by atoms with Gasteiger partial charge in [-0.25, -0.2) is 0 Å². The quantitative estimate of drug-likeness (QED) is 0.658. The van der Waals surface area contributed by atoms with E-state index in [1.807, 2.05) is 23.3 Å². The number of methoxy groups -OCH3 is 1. The summed E-state index contributed by atoms with van der Waals surface area (Å²) in [4.78, 5) is 10.6. The summed E-state index contributed by atoms with van der Waals surface area (Å²) in [5, 5.41) is 12.5. The second-order valence-electron chi connectivity index (χ2n) is 8.82. The molecule has 1 N–H and O–H groups in total. The number of hydrogen-bond donors (Lipinski definition) is 1. The first-order valence-electron chi connectivity index (χ1n) is 11.5. The minimum atomic E-state index is -0.508. The highest BCUT2D eigenvalue weighted by Gasteiger charge is 2.33. The second-order valence-corrected chi connectivity index (χ2v) is 8.82. The Kier molecular flexibility index (Phi) is 7.84. The summed E-state index contributed by atoms with van der Waals surface area (Å²) in [5.74, 6) is 1.38. The predicted octanol–water partition coefficient (Wildman–Crippen LogP) is 2.13. The Bertz CT molecular complexity index is 656. The van der Waals surface area contributed by atoms with Gasteiger partial charge in [-0.05, 0) is 56.5 Å². The number of likely N-dealkylation sites (tertiary alicyclic amines) is 2. The molecule has 0 aromatic heterocycles. The van der Waals surface area contributed by atoms with Crippen molar-refractivity contribution in [1.29, 1.82) is 0 Å². The third-order valence-corrected chi connectivity index (χ3v) is 6.41. The molecule has 0 amide bonds. The van der Waals surface area contributed by atoms with Crippen molar-refractivity contribution < 1.29 is 19.4 Å². The molecule has 0 bridgehead atoms. The number of β-amino-alcohol motifs (C(OH)–C–C–N with tert-alkyl or cyclic N) is 1. The average molecular weight is 420 g/mol. The summed E-state index contributed by atoms with van der Waals surface area (Å²) < 4.78 is 11.4. The summed E-state index contributed by atoms with van der Waals surface area (Å²) in [5.41, 5.74) is 1.12. The first-order valence-corrected chi connectivity index (χ1v) is 11.5. The van der Waals surface area contributed by atoms with E-state index in [9.17, 15) is 5.11 Å². The molecule has 0 spiro atoms. The maximum Gasteiger partial charge on any atom is 0.161 e.